The van der Waals surface area contributed by atoms with Gasteiger partial charge in [0.25, 0.3) is 0 Å². The van der Waals surface area contributed by atoms with Crippen LogP contribution >= 0.6 is 11.3 Å². The van der Waals surface area contributed by atoms with Crippen LogP contribution in [0, 0.1) is 6.92 Å². The average molecular weight is 487 g/mol. The molecule has 0 bridgehead atoms. The Bertz CT molecular complexity index is 1300. The molecule has 1 aromatic heterocycles. The quantitative estimate of drug-likeness (QED) is 0.253. The molecule has 3 aromatic rings. The summed E-state index contributed by atoms with van der Waals surface area (Å²) in [5.74, 6) is 0.891. The lowest BCUT2D eigenvalue weighted by Crippen LogP contribution is -2.25. The summed E-state index contributed by atoms with van der Waals surface area (Å²) in [6.07, 6.45) is 2.84. The van der Waals surface area contributed by atoms with E-state index in [0.717, 1.165) is 34.7 Å². The van der Waals surface area contributed by atoms with Gasteiger partial charge in [0.05, 0.1) is 6.26 Å². The van der Waals surface area contributed by atoms with Gasteiger partial charge in [0.1, 0.15) is 11.5 Å². The molecule has 0 saturated carbocycles. The Hall–Kier alpha value is -2.64. The van der Waals surface area contributed by atoms with Gasteiger partial charge in [-0.05, 0) is 79.1 Å². The molecule has 0 fully saturated rings. The van der Waals surface area contributed by atoms with Gasteiger partial charge in [-0.2, -0.15) is 8.42 Å². The number of hydrogen-bond acceptors (Lipinski definition) is 6. The number of aryl methyl sites for hydroxylation is 1. The molecule has 0 atom stereocenters. The Morgan fingerprint density at radius 3 is 2.36 bits per heavy atom. The van der Waals surface area contributed by atoms with E-state index in [1.54, 1.807) is 30.4 Å². The zero-order valence-corrected chi connectivity index (χ0v) is 21.4. The molecule has 0 unspecified atom stereocenters. The summed E-state index contributed by atoms with van der Waals surface area (Å²) in [7, 11) is -3.58. The molecule has 0 aliphatic carbocycles. The van der Waals surface area contributed by atoms with E-state index in [1.807, 2.05) is 19.1 Å². The lowest BCUT2D eigenvalue weighted by atomic mass is 9.74. The molecule has 0 saturated heterocycles. The number of rotatable bonds is 10. The zero-order chi connectivity index (χ0) is 24.4. The third-order valence-electron chi connectivity index (χ3n) is 5.98. The molecule has 0 aliphatic heterocycles. The second-order valence-electron chi connectivity index (χ2n) is 8.36. The van der Waals surface area contributed by atoms with Crippen molar-refractivity contribution >= 4 is 37.3 Å². The van der Waals surface area contributed by atoms with Gasteiger partial charge in [-0.1, -0.05) is 32.6 Å². The van der Waals surface area contributed by atoms with E-state index >= 15 is 0 Å². The van der Waals surface area contributed by atoms with Crippen LogP contribution in [0.1, 0.15) is 49.6 Å². The first kappa shape index (κ1) is 25.0. The van der Waals surface area contributed by atoms with Crippen LogP contribution in [0.3, 0.4) is 0 Å². The minimum Gasteiger partial charge on any atom is -0.485 e. The van der Waals surface area contributed by atoms with Gasteiger partial charge in [0.15, 0.2) is 12.4 Å². The van der Waals surface area contributed by atoms with Crippen molar-refractivity contribution in [2.75, 3.05) is 12.9 Å². The smallest absolute Gasteiger partial charge is 0.306 e. The fourth-order valence-electron chi connectivity index (χ4n) is 4.01. The largest absolute Gasteiger partial charge is 0.485 e. The number of carbonyl (C=O) groups is 1. The summed E-state index contributed by atoms with van der Waals surface area (Å²) in [5, 5.41) is 0.956. The highest BCUT2D eigenvalue weighted by Crippen LogP contribution is 2.45. The summed E-state index contributed by atoms with van der Waals surface area (Å²) in [4.78, 5) is 13.1. The fourth-order valence-corrected chi connectivity index (χ4v) is 5.86. The molecule has 33 heavy (non-hydrogen) atoms. The molecule has 0 N–H and O–H groups in total. The number of benzene rings is 2. The maximum absolute atomic E-state index is 11.9. The average Bonchev–Trinajstić information content (AvgIpc) is 3.16. The minimum atomic E-state index is -3.58. The highest BCUT2D eigenvalue weighted by atomic mass is 32.2. The van der Waals surface area contributed by atoms with Crippen LogP contribution in [0.5, 0.6) is 11.5 Å². The van der Waals surface area contributed by atoms with Crippen molar-refractivity contribution in [1.82, 2.24) is 0 Å². The summed E-state index contributed by atoms with van der Waals surface area (Å²) >= 11 is 1.71. The zero-order valence-electron chi connectivity index (χ0n) is 19.7. The Morgan fingerprint density at radius 1 is 1.09 bits per heavy atom. The second kappa shape index (κ2) is 9.69. The molecule has 0 aliphatic rings. The molecule has 0 radical (unpaired) electrons. The monoisotopic (exact) mass is 486 g/mol. The van der Waals surface area contributed by atoms with Gasteiger partial charge in [0.2, 0.25) is 0 Å². The lowest BCUT2D eigenvalue weighted by molar-refractivity contribution is -0.117. The molecule has 0 amide bonds. The van der Waals surface area contributed by atoms with Crippen molar-refractivity contribution in [2.24, 2.45) is 0 Å². The highest BCUT2D eigenvalue weighted by molar-refractivity contribution is 7.86. The maximum Gasteiger partial charge on any atom is 0.306 e. The number of ether oxygens (including phenoxy) is 1. The van der Waals surface area contributed by atoms with Crippen molar-refractivity contribution in [3.05, 3.63) is 70.6 Å². The molecule has 0 spiro atoms. The van der Waals surface area contributed by atoms with Crippen LogP contribution in [0.25, 0.3) is 10.1 Å². The normalized spacial score (nSPS) is 12.0. The molecule has 5 nitrogen and oxygen atoms in total. The SMILES string of the molecule is C=C(C)C(=O)COc1ccc(C(CC)(CC)c2cc3cc(OS(C)(=O)=O)ccc3s2)cc1C. The van der Waals surface area contributed by atoms with Gasteiger partial charge in [-0.25, -0.2) is 0 Å². The summed E-state index contributed by atoms with van der Waals surface area (Å²) < 4.78 is 34.9. The van der Waals surface area contributed by atoms with Crippen molar-refractivity contribution in [2.45, 2.75) is 46.0 Å². The van der Waals surface area contributed by atoms with Crippen molar-refractivity contribution in [3.8, 4) is 11.5 Å². The first-order valence-corrected chi connectivity index (χ1v) is 13.5. The Morgan fingerprint density at radius 2 is 1.79 bits per heavy atom. The molecular formula is C26H30O5S2. The van der Waals surface area contributed by atoms with Crippen molar-refractivity contribution in [3.63, 3.8) is 0 Å². The molecule has 7 heteroatoms. The predicted molar refractivity (Wildman–Crippen MR) is 135 cm³/mol. The maximum atomic E-state index is 11.9. The standard InChI is InChI=1S/C26H30O5S2/c1-7-26(8-2,20-9-11-23(18(5)13-20)30-16-22(27)17(3)4)25-15-19-14-21(31-33(6,28)29)10-12-24(19)32-25/h9-15H,3,7-8,16H2,1-2,4-6H3. The first-order valence-electron chi connectivity index (χ1n) is 10.8. The van der Waals surface area contributed by atoms with E-state index in [-0.39, 0.29) is 17.8 Å². The van der Waals surface area contributed by atoms with E-state index in [2.05, 4.69) is 38.6 Å². The Kier molecular flexibility index (Phi) is 7.34. The van der Waals surface area contributed by atoms with Crippen molar-refractivity contribution in [1.29, 1.82) is 0 Å². The fraction of sp³-hybridized carbons (Fsp3) is 0.346. The van der Waals surface area contributed by atoms with E-state index < -0.39 is 10.1 Å². The molecule has 176 valence electrons. The van der Waals surface area contributed by atoms with Gasteiger partial charge in [-0.15, -0.1) is 11.3 Å². The number of ketones is 1. The molecule has 3 rings (SSSR count). The van der Waals surface area contributed by atoms with Crippen LogP contribution in [-0.4, -0.2) is 27.1 Å². The van der Waals surface area contributed by atoms with E-state index in [9.17, 15) is 13.2 Å². The van der Waals surface area contributed by atoms with E-state index in [0.29, 0.717) is 17.1 Å². The molecule has 2 aromatic carbocycles. The van der Waals surface area contributed by atoms with Gasteiger partial charge >= 0.3 is 10.1 Å². The van der Waals surface area contributed by atoms with Crippen LogP contribution in [0.15, 0.2) is 54.6 Å². The predicted octanol–water partition coefficient (Wildman–Crippen LogP) is 6.18. The number of hydrogen-bond donors (Lipinski definition) is 0. The van der Waals surface area contributed by atoms with E-state index in [4.69, 9.17) is 8.92 Å². The van der Waals surface area contributed by atoms with Crippen LogP contribution in [-0.2, 0) is 20.3 Å². The van der Waals surface area contributed by atoms with Crippen LogP contribution in [0.2, 0.25) is 0 Å². The summed E-state index contributed by atoms with van der Waals surface area (Å²) in [6.45, 7) is 11.7. The third kappa shape index (κ3) is 5.47. The van der Waals surface area contributed by atoms with Gasteiger partial charge < -0.3 is 8.92 Å². The lowest BCUT2D eigenvalue weighted by Gasteiger charge is -2.32. The Balaban J connectivity index is 1.98. The topological polar surface area (TPSA) is 69.7 Å². The molecule has 1 heterocycles. The minimum absolute atomic E-state index is 0.0174. The second-order valence-corrected chi connectivity index (χ2v) is 11.0. The first-order chi connectivity index (χ1) is 15.5. The van der Waals surface area contributed by atoms with Gasteiger partial charge in [-0.3, -0.25) is 4.79 Å². The number of thiophene rings is 1. The van der Waals surface area contributed by atoms with Gasteiger partial charge in [0, 0.05) is 15.0 Å². The molecular weight excluding hydrogens is 456 g/mol. The number of carbonyl (C=O) groups excluding carboxylic acids is 1. The third-order valence-corrected chi connectivity index (χ3v) is 7.79. The number of Topliss-reactive ketones (excluding diaryl/α,β-unsaturated/α-hetero) is 1. The van der Waals surface area contributed by atoms with Crippen LogP contribution < -0.4 is 8.92 Å². The Labute approximate surface area is 200 Å². The summed E-state index contributed by atoms with van der Waals surface area (Å²) in [6, 6.07) is 13.6. The van der Waals surface area contributed by atoms with Crippen molar-refractivity contribution < 1.29 is 22.1 Å². The number of fused-ring (bicyclic) bond motifs is 1. The summed E-state index contributed by atoms with van der Waals surface area (Å²) in [5.41, 5.74) is 2.44. The van der Waals surface area contributed by atoms with E-state index in [1.165, 1.54) is 10.4 Å². The van der Waals surface area contributed by atoms with Crippen LogP contribution in [0.4, 0.5) is 0 Å². The highest BCUT2D eigenvalue weighted by Gasteiger charge is 2.33.